The number of aromatic nitrogens is 3. The van der Waals surface area contributed by atoms with Crippen molar-refractivity contribution in [3.05, 3.63) is 29.8 Å². The van der Waals surface area contributed by atoms with Crippen molar-refractivity contribution in [1.82, 2.24) is 25.4 Å². The zero-order valence-corrected chi connectivity index (χ0v) is 21.3. The number of methoxy groups -OCH3 is 1. The van der Waals surface area contributed by atoms with Crippen molar-refractivity contribution >= 4 is 11.8 Å². The smallest absolute Gasteiger partial charge is 0.272 e. The number of ether oxygens (including phenoxy) is 1. The molecule has 9 nitrogen and oxygen atoms in total. The van der Waals surface area contributed by atoms with Crippen LogP contribution in [0.3, 0.4) is 0 Å². The van der Waals surface area contributed by atoms with Gasteiger partial charge < -0.3 is 15.0 Å². The molecular formula is C27H33FN6O3. The molecule has 5 rings (SSSR count). The molecule has 2 saturated carbocycles. The average Bonchev–Trinajstić information content (AvgIpc) is 3.46. The van der Waals surface area contributed by atoms with Crippen LogP contribution in [0.5, 0.6) is 5.88 Å². The second kappa shape index (κ2) is 9.77. The Morgan fingerprint density at radius 2 is 2.03 bits per heavy atom. The Morgan fingerprint density at radius 3 is 2.70 bits per heavy atom. The molecule has 1 spiro atoms. The highest BCUT2D eigenvalue weighted by atomic mass is 19.1. The summed E-state index contributed by atoms with van der Waals surface area (Å²) in [5.74, 6) is -0.508. The summed E-state index contributed by atoms with van der Waals surface area (Å²) in [5.41, 5.74) is 0.558. The Balaban J connectivity index is 1.21. The summed E-state index contributed by atoms with van der Waals surface area (Å²) in [6.45, 7) is 2.65. The molecule has 196 valence electrons. The lowest BCUT2D eigenvalue weighted by Crippen LogP contribution is -2.52. The fourth-order valence-corrected chi connectivity index (χ4v) is 5.94. The van der Waals surface area contributed by atoms with Gasteiger partial charge in [-0.2, -0.15) is 10.4 Å². The highest BCUT2D eigenvalue weighted by Gasteiger charge is 2.54. The lowest BCUT2D eigenvalue weighted by molar-refractivity contribution is -0.128. The number of pyridine rings is 1. The van der Waals surface area contributed by atoms with Crippen molar-refractivity contribution < 1.29 is 18.7 Å². The zero-order valence-electron chi connectivity index (χ0n) is 21.3. The largest absolute Gasteiger partial charge is 0.481 e. The van der Waals surface area contributed by atoms with Crippen molar-refractivity contribution in [3.8, 4) is 23.2 Å². The number of halogens is 1. The molecule has 2 N–H and O–H groups in total. The molecule has 0 radical (unpaired) electrons. The van der Waals surface area contributed by atoms with Gasteiger partial charge in [0.05, 0.1) is 25.1 Å². The van der Waals surface area contributed by atoms with Gasteiger partial charge in [-0.1, -0.05) is 6.92 Å². The van der Waals surface area contributed by atoms with Gasteiger partial charge in [-0.15, -0.1) is 0 Å². The van der Waals surface area contributed by atoms with Crippen molar-refractivity contribution in [3.63, 3.8) is 0 Å². The summed E-state index contributed by atoms with van der Waals surface area (Å²) in [6, 6.07) is 5.45. The second-order valence-electron chi connectivity index (χ2n) is 11.2. The Hall–Kier alpha value is -3.48. The normalized spacial score (nSPS) is 26.4. The van der Waals surface area contributed by atoms with Crippen LogP contribution in [0.2, 0.25) is 0 Å². The maximum absolute atomic E-state index is 14.3. The van der Waals surface area contributed by atoms with E-state index in [1.807, 2.05) is 4.90 Å². The van der Waals surface area contributed by atoms with Crippen molar-refractivity contribution in [2.75, 3.05) is 13.7 Å². The summed E-state index contributed by atoms with van der Waals surface area (Å²) >= 11 is 0. The van der Waals surface area contributed by atoms with E-state index in [1.54, 1.807) is 6.07 Å². The standard InChI is InChI=1S/C27H33FN6O3/c1-26(10-11-29)6-3-18(4-7-26)31-24(35)17-5-12-34(27(15-17)8-9-27)25(36)22-14-21(32-33-22)19-13-23(37-2)30-16-20(19)28/h13-14,16-18H,3-10,12,15H2,1-2H3,(H,31,35)(H,32,33)/t17-,18?,26?/m0/s1. The van der Waals surface area contributed by atoms with Gasteiger partial charge in [-0.05, 0) is 62.8 Å². The van der Waals surface area contributed by atoms with Crippen LogP contribution in [0, 0.1) is 28.5 Å². The fraction of sp³-hybridized carbons (Fsp3) is 0.593. The molecular weight excluding hydrogens is 475 g/mol. The molecule has 0 aromatic carbocycles. The molecule has 1 aliphatic heterocycles. The van der Waals surface area contributed by atoms with E-state index in [0.29, 0.717) is 37.2 Å². The molecule has 1 atom stereocenters. The summed E-state index contributed by atoms with van der Waals surface area (Å²) in [4.78, 5) is 32.3. The number of nitrogens with zero attached hydrogens (tertiary/aromatic N) is 4. The Bertz CT molecular complexity index is 1220. The lowest BCUT2D eigenvalue weighted by Gasteiger charge is -2.40. The number of carbonyl (C=O) groups is 2. The molecule has 3 aliphatic rings. The number of piperidine rings is 1. The summed E-state index contributed by atoms with van der Waals surface area (Å²) in [7, 11) is 1.45. The number of aromatic amines is 1. The molecule has 3 heterocycles. The Kier molecular flexibility index (Phi) is 6.65. The highest BCUT2D eigenvalue weighted by molar-refractivity contribution is 5.94. The topological polar surface area (TPSA) is 124 Å². The first-order valence-corrected chi connectivity index (χ1v) is 13.0. The van der Waals surface area contributed by atoms with Gasteiger partial charge in [0.15, 0.2) is 5.82 Å². The SMILES string of the molecule is COc1cc(-c2cc(C(=O)N3CC[C@H](C(=O)NC4CCC(C)(CC#N)CC4)CC34CC4)[nH]n2)c(F)cn1. The molecule has 2 amide bonds. The summed E-state index contributed by atoms with van der Waals surface area (Å²) < 4.78 is 19.4. The maximum Gasteiger partial charge on any atom is 0.272 e. The number of H-pyrrole nitrogens is 1. The molecule has 3 fully saturated rings. The minimum Gasteiger partial charge on any atom is -0.481 e. The minimum absolute atomic E-state index is 0.0571. The van der Waals surface area contributed by atoms with Crippen LogP contribution in [-0.4, -0.2) is 57.1 Å². The molecule has 2 aromatic rings. The van der Waals surface area contributed by atoms with E-state index >= 15 is 0 Å². The van der Waals surface area contributed by atoms with E-state index in [0.717, 1.165) is 44.7 Å². The third-order valence-corrected chi connectivity index (χ3v) is 8.51. The summed E-state index contributed by atoms with van der Waals surface area (Å²) in [6.07, 6.45) is 8.33. The first kappa shape index (κ1) is 25.2. The number of likely N-dealkylation sites (tertiary alicyclic amines) is 1. The van der Waals surface area contributed by atoms with Crippen LogP contribution in [-0.2, 0) is 4.79 Å². The van der Waals surface area contributed by atoms with E-state index < -0.39 is 5.82 Å². The van der Waals surface area contributed by atoms with Crippen LogP contribution in [0.1, 0.15) is 75.2 Å². The highest BCUT2D eigenvalue weighted by Crippen LogP contribution is 2.50. The third kappa shape index (κ3) is 5.04. The zero-order chi connectivity index (χ0) is 26.2. The van der Waals surface area contributed by atoms with E-state index in [1.165, 1.54) is 13.2 Å². The van der Waals surface area contributed by atoms with Crippen LogP contribution in [0.25, 0.3) is 11.3 Å². The molecule has 2 aromatic heterocycles. The number of hydrogen-bond donors (Lipinski definition) is 2. The molecule has 10 heteroatoms. The molecule has 0 bridgehead atoms. The quantitative estimate of drug-likeness (QED) is 0.608. The summed E-state index contributed by atoms with van der Waals surface area (Å²) in [5, 5.41) is 19.2. The van der Waals surface area contributed by atoms with Crippen molar-refractivity contribution in [2.24, 2.45) is 11.3 Å². The number of amides is 2. The average molecular weight is 509 g/mol. The molecule has 1 saturated heterocycles. The first-order valence-electron chi connectivity index (χ1n) is 13.0. The van der Waals surface area contributed by atoms with Crippen LogP contribution >= 0.6 is 0 Å². The predicted molar refractivity (Wildman–Crippen MR) is 133 cm³/mol. The Morgan fingerprint density at radius 1 is 1.27 bits per heavy atom. The Labute approximate surface area is 215 Å². The number of nitriles is 1. The van der Waals surface area contributed by atoms with Gasteiger partial charge in [-0.3, -0.25) is 14.7 Å². The second-order valence-corrected chi connectivity index (χ2v) is 11.2. The molecule has 37 heavy (non-hydrogen) atoms. The van der Waals surface area contributed by atoms with Crippen LogP contribution in [0.4, 0.5) is 4.39 Å². The van der Waals surface area contributed by atoms with Gasteiger partial charge in [0, 0.05) is 42.1 Å². The van der Waals surface area contributed by atoms with Gasteiger partial charge >= 0.3 is 0 Å². The van der Waals surface area contributed by atoms with Gasteiger partial charge in [0.2, 0.25) is 11.8 Å². The van der Waals surface area contributed by atoms with Gasteiger partial charge in [0.1, 0.15) is 5.69 Å². The lowest BCUT2D eigenvalue weighted by atomic mass is 9.72. The predicted octanol–water partition coefficient (Wildman–Crippen LogP) is 3.98. The monoisotopic (exact) mass is 508 g/mol. The van der Waals surface area contributed by atoms with E-state index in [2.05, 4.69) is 33.5 Å². The number of rotatable bonds is 6. The van der Waals surface area contributed by atoms with E-state index in [-0.39, 0.29) is 46.2 Å². The number of nitrogens with one attached hydrogen (secondary N) is 2. The van der Waals surface area contributed by atoms with Crippen molar-refractivity contribution in [1.29, 1.82) is 5.26 Å². The molecule has 0 unspecified atom stereocenters. The van der Waals surface area contributed by atoms with Crippen LogP contribution < -0.4 is 10.1 Å². The van der Waals surface area contributed by atoms with E-state index in [9.17, 15) is 14.0 Å². The van der Waals surface area contributed by atoms with Gasteiger partial charge in [-0.25, -0.2) is 9.37 Å². The minimum atomic E-state index is -0.551. The van der Waals surface area contributed by atoms with Crippen LogP contribution in [0.15, 0.2) is 18.3 Å². The first-order chi connectivity index (χ1) is 17.8. The number of hydrogen-bond acceptors (Lipinski definition) is 6. The molecule has 2 aliphatic carbocycles. The number of carbonyl (C=O) groups excluding carboxylic acids is 2. The van der Waals surface area contributed by atoms with Gasteiger partial charge in [0.25, 0.3) is 5.91 Å². The maximum atomic E-state index is 14.3. The fourth-order valence-electron chi connectivity index (χ4n) is 5.94. The van der Waals surface area contributed by atoms with E-state index in [4.69, 9.17) is 10.00 Å². The van der Waals surface area contributed by atoms with Crippen molar-refractivity contribution in [2.45, 2.75) is 76.3 Å². The third-order valence-electron chi connectivity index (χ3n) is 8.51.